The number of alkyl halides is 3. The molecule has 1 heterocycles. The molecule has 1 fully saturated rings. The standard InChI is InChI=1S/C30H40F3N3O5/c1-34-16-6-12-27(37)36-17-7-9-22(20-36)29(39,15-8-18-41-28(38)35-2)25-11-5-4-10-23(25)24-19-21(30(31,32)33)13-14-26(24)40-3/h4-5,10-11,13-14,19,22,34,39H,6-9,12,15-18,20H2,1-3H3,(H,35,38)/t22-,29+/m1/s1. The number of halogens is 3. The topological polar surface area (TPSA) is 100 Å². The van der Waals surface area contributed by atoms with Gasteiger partial charge in [0.2, 0.25) is 5.91 Å². The second kappa shape index (κ2) is 14.5. The SMILES string of the molecule is CNCCCC(=O)N1CCC[C@@H]([C@@](O)(CCCOC(=O)NC)c2ccccc2-c2cc(C(F)(F)F)ccc2OC)C1. The summed E-state index contributed by atoms with van der Waals surface area (Å²) in [6.45, 7) is 1.63. The summed E-state index contributed by atoms with van der Waals surface area (Å²) in [4.78, 5) is 26.4. The number of piperidine rings is 1. The Balaban J connectivity index is 2.04. The van der Waals surface area contributed by atoms with Gasteiger partial charge in [-0.3, -0.25) is 4.79 Å². The quantitative estimate of drug-likeness (QED) is 0.308. The third-order valence-corrected chi connectivity index (χ3v) is 7.62. The van der Waals surface area contributed by atoms with Crippen LogP contribution < -0.4 is 15.4 Å². The van der Waals surface area contributed by atoms with E-state index in [0.29, 0.717) is 62.9 Å². The number of likely N-dealkylation sites (tertiary alicyclic amines) is 1. The van der Waals surface area contributed by atoms with Crippen LogP contribution in [0.2, 0.25) is 0 Å². The van der Waals surface area contributed by atoms with Crippen molar-refractivity contribution >= 4 is 12.0 Å². The fourth-order valence-corrected chi connectivity index (χ4v) is 5.50. The first-order valence-corrected chi connectivity index (χ1v) is 13.9. The highest BCUT2D eigenvalue weighted by atomic mass is 19.4. The molecular formula is C30H40F3N3O5. The summed E-state index contributed by atoms with van der Waals surface area (Å²) >= 11 is 0. The molecule has 2 aromatic rings. The van der Waals surface area contributed by atoms with Gasteiger partial charge in [0, 0.05) is 38.0 Å². The van der Waals surface area contributed by atoms with Crippen LogP contribution in [0, 0.1) is 5.92 Å². The van der Waals surface area contributed by atoms with E-state index in [2.05, 4.69) is 10.6 Å². The molecule has 0 saturated carbocycles. The normalized spacial score (nSPS) is 17.0. The number of methoxy groups -OCH3 is 1. The number of hydrogen-bond acceptors (Lipinski definition) is 6. The van der Waals surface area contributed by atoms with Crippen molar-refractivity contribution in [3.05, 3.63) is 53.6 Å². The lowest BCUT2D eigenvalue weighted by Gasteiger charge is -2.43. The first kappa shape index (κ1) is 32.2. The Labute approximate surface area is 239 Å². The minimum Gasteiger partial charge on any atom is -0.496 e. The zero-order valence-corrected chi connectivity index (χ0v) is 23.9. The van der Waals surface area contributed by atoms with Gasteiger partial charge in [-0.1, -0.05) is 24.3 Å². The predicted octanol–water partition coefficient (Wildman–Crippen LogP) is 4.94. The molecule has 3 rings (SSSR count). The highest BCUT2D eigenvalue weighted by Crippen LogP contribution is 2.46. The summed E-state index contributed by atoms with van der Waals surface area (Å²) in [5.74, 6) is -0.161. The maximum Gasteiger partial charge on any atom is 0.416 e. The van der Waals surface area contributed by atoms with Gasteiger partial charge in [-0.05, 0) is 75.0 Å². The average Bonchev–Trinajstić information content (AvgIpc) is 2.98. The number of carbonyl (C=O) groups excluding carboxylic acids is 2. The summed E-state index contributed by atoms with van der Waals surface area (Å²) in [6.07, 6.45) is -2.35. The van der Waals surface area contributed by atoms with Gasteiger partial charge < -0.3 is 30.1 Å². The minimum absolute atomic E-state index is 0.00285. The van der Waals surface area contributed by atoms with Gasteiger partial charge >= 0.3 is 12.3 Å². The second-order valence-electron chi connectivity index (χ2n) is 10.3. The van der Waals surface area contributed by atoms with Gasteiger partial charge in [0.15, 0.2) is 0 Å². The van der Waals surface area contributed by atoms with Crippen LogP contribution in [0.25, 0.3) is 11.1 Å². The first-order valence-electron chi connectivity index (χ1n) is 13.9. The number of ether oxygens (including phenoxy) is 2. The predicted molar refractivity (Wildman–Crippen MR) is 149 cm³/mol. The van der Waals surface area contributed by atoms with Crippen molar-refractivity contribution < 1.29 is 37.3 Å². The maximum atomic E-state index is 13.7. The lowest BCUT2D eigenvalue weighted by atomic mass is 9.72. The molecule has 0 radical (unpaired) electrons. The van der Waals surface area contributed by atoms with E-state index in [1.54, 1.807) is 29.2 Å². The molecule has 8 nitrogen and oxygen atoms in total. The summed E-state index contributed by atoms with van der Waals surface area (Å²) in [5, 5.41) is 17.9. The van der Waals surface area contributed by atoms with Crippen molar-refractivity contribution in [3.63, 3.8) is 0 Å². The van der Waals surface area contributed by atoms with Gasteiger partial charge in [0.25, 0.3) is 0 Å². The number of amides is 2. The highest BCUT2D eigenvalue weighted by molar-refractivity contribution is 5.77. The number of carbonyl (C=O) groups is 2. The van der Waals surface area contributed by atoms with Crippen LogP contribution in [0.15, 0.2) is 42.5 Å². The summed E-state index contributed by atoms with van der Waals surface area (Å²) < 4.78 is 51.7. The molecule has 0 bridgehead atoms. The summed E-state index contributed by atoms with van der Waals surface area (Å²) in [5.41, 5.74) is -1.32. The molecule has 1 aliphatic heterocycles. The molecule has 0 spiro atoms. The van der Waals surface area contributed by atoms with Gasteiger partial charge in [-0.15, -0.1) is 0 Å². The molecule has 3 N–H and O–H groups in total. The van der Waals surface area contributed by atoms with Crippen LogP contribution in [0.1, 0.15) is 49.7 Å². The van der Waals surface area contributed by atoms with Crippen LogP contribution in [-0.4, -0.2) is 69.5 Å². The molecule has 226 valence electrons. The zero-order valence-electron chi connectivity index (χ0n) is 23.9. The Morgan fingerprint density at radius 2 is 1.85 bits per heavy atom. The Bertz CT molecular complexity index is 1180. The molecule has 2 amide bonds. The number of benzene rings is 2. The van der Waals surface area contributed by atoms with E-state index in [4.69, 9.17) is 9.47 Å². The van der Waals surface area contributed by atoms with Crippen LogP contribution in [-0.2, 0) is 21.3 Å². The van der Waals surface area contributed by atoms with E-state index in [1.165, 1.54) is 20.2 Å². The smallest absolute Gasteiger partial charge is 0.416 e. The van der Waals surface area contributed by atoms with E-state index in [1.807, 2.05) is 7.05 Å². The molecule has 2 aromatic carbocycles. The second-order valence-corrected chi connectivity index (χ2v) is 10.3. The van der Waals surface area contributed by atoms with Crippen molar-refractivity contribution in [3.8, 4) is 16.9 Å². The lowest BCUT2D eigenvalue weighted by Crippen LogP contribution is -2.48. The average molecular weight is 580 g/mol. The van der Waals surface area contributed by atoms with E-state index in [-0.39, 0.29) is 30.2 Å². The molecule has 0 aromatic heterocycles. The molecule has 11 heteroatoms. The third kappa shape index (κ3) is 8.13. The van der Waals surface area contributed by atoms with Crippen LogP contribution in [0.4, 0.5) is 18.0 Å². The molecule has 1 saturated heterocycles. The van der Waals surface area contributed by atoms with Crippen molar-refractivity contribution in [2.75, 3.05) is 47.4 Å². The summed E-state index contributed by atoms with van der Waals surface area (Å²) in [7, 11) is 4.66. The van der Waals surface area contributed by atoms with Crippen molar-refractivity contribution in [1.29, 1.82) is 0 Å². The Morgan fingerprint density at radius 3 is 2.54 bits per heavy atom. The number of nitrogens with one attached hydrogen (secondary N) is 2. The monoisotopic (exact) mass is 579 g/mol. The van der Waals surface area contributed by atoms with Crippen LogP contribution in [0.3, 0.4) is 0 Å². The van der Waals surface area contributed by atoms with E-state index in [9.17, 15) is 27.9 Å². The van der Waals surface area contributed by atoms with Crippen molar-refractivity contribution in [2.24, 2.45) is 5.92 Å². The number of hydrogen-bond donors (Lipinski definition) is 3. The fourth-order valence-electron chi connectivity index (χ4n) is 5.50. The fraction of sp³-hybridized carbons (Fsp3) is 0.533. The van der Waals surface area contributed by atoms with E-state index in [0.717, 1.165) is 12.1 Å². The Hall–Kier alpha value is -3.31. The lowest BCUT2D eigenvalue weighted by molar-refractivity contribution is -0.138. The third-order valence-electron chi connectivity index (χ3n) is 7.62. The number of rotatable bonds is 12. The van der Waals surface area contributed by atoms with Crippen LogP contribution in [0.5, 0.6) is 5.75 Å². The van der Waals surface area contributed by atoms with Gasteiger partial charge in [0.05, 0.1) is 24.9 Å². The van der Waals surface area contributed by atoms with Gasteiger partial charge in [-0.2, -0.15) is 13.2 Å². The number of aliphatic hydroxyl groups is 1. The number of alkyl carbamates (subject to hydrolysis) is 1. The maximum absolute atomic E-state index is 13.7. The molecule has 41 heavy (non-hydrogen) atoms. The van der Waals surface area contributed by atoms with Crippen LogP contribution >= 0.6 is 0 Å². The largest absolute Gasteiger partial charge is 0.496 e. The van der Waals surface area contributed by atoms with Gasteiger partial charge in [0.1, 0.15) is 5.75 Å². The molecule has 2 atom stereocenters. The highest BCUT2D eigenvalue weighted by Gasteiger charge is 2.43. The summed E-state index contributed by atoms with van der Waals surface area (Å²) in [6, 6.07) is 10.1. The number of nitrogens with zero attached hydrogens (tertiary/aromatic N) is 1. The van der Waals surface area contributed by atoms with Crippen molar-refractivity contribution in [1.82, 2.24) is 15.5 Å². The van der Waals surface area contributed by atoms with E-state index >= 15 is 0 Å². The molecular weight excluding hydrogens is 539 g/mol. The van der Waals surface area contributed by atoms with Gasteiger partial charge in [-0.25, -0.2) is 4.79 Å². The molecule has 1 aliphatic rings. The zero-order chi connectivity index (χ0) is 30.0. The first-order chi connectivity index (χ1) is 19.5. The Kier molecular flexibility index (Phi) is 11.4. The van der Waals surface area contributed by atoms with E-state index < -0.39 is 29.4 Å². The molecule has 0 unspecified atom stereocenters. The minimum atomic E-state index is -4.57. The molecule has 0 aliphatic carbocycles. The Morgan fingerprint density at radius 1 is 1.10 bits per heavy atom. The van der Waals surface area contributed by atoms with Crippen molar-refractivity contribution in [2.45, 2.75) is 50.3 Å².